The number of rotatable bonds is 4. The van der Waals surface area contributed by atoms with Crippen molar-refractivity contribution in [2.45, 2.75) is 0 Å². The van der Waals surface area contributed by atoms with Gasteiger partial charge in [0, 0.05) is 3.57 Å². The van der Waals surface area contributed by atoms with Gasteiger partial charge in [-0.2, -0.15) is 0 Å². The Morgan fingerprint density at radius 2 is 1.75 bits per heavy atom. The third-order valence-corrected chi connectivity index (χ3v) is 3.35. The third kappa shape index (κ3) is 4.53. The Morgan fingerprint density at radius 1 is 1.20 bits per heavy atom. The van der Waals surface area contributed by atoms with Crippen molar-refractivity contribution >= 4 is 63.4 Å². The van der Waals surface area contributed by atoms with Crippen LogP contribution in [0.1, 0.15) is 0 Å². The van der Waals surface area contributed by atoms with E-state index in [1.807, 2.05) is 0 Å². The van der Waals surface area contributed by atoms with Gasteiger partial charge in [-0.3, -0.25) is 0 Å². The van der Waals surface area contributed by atoms with E-state index in [2.05, 4.69) is 37.4 Å². The van der Waals surface area contributed by atoms with E-state index in [1.54, 1.807) is 12.1 Å². The second kappa shape index (κ2) is 7.70. The lowest BCUT2D eigenvalue weighted by atomic mass is 10.3. The molecule has 0 atom stereocenters. The van der Waals surface area contributed by atoms with E-state index in [-0.39, 0.29) is 5.70 Å². The Labute approximate surface area is 139 Å². The molecular weight excluding hydrogens is 420 g/mol. The number of esters is 2. The number of carbonyl (C=O) groups excluding carboxylic acids is 2. The average Bonchev–Trinajstić information content (AvgIpc) is 2.40. The van der Waals surface area contributed by atoms with Gasteiger partial charge in [-0.15, -0.1) is 0 Å². The monoisotopic (exact) mass is 429 g/mol. The lowest BCUT2D eigenvalue weighted by Gasteiger charge is -2.12. The van der Waals surface area contributed by atoms with Crippen LogP contribution in [0.25, 0.3) is 0 Å². The maximum atomic E-state index is 11.6. The van der Waals surface area contributed by atoms with Crippen LogP contribution in [0.2, 0.25) is 10.0 Å². The summed E-state index contributed by atoms with van der Waals surface area (Å²) in [4.78, 5) is 22.9. The molecule has 20 heavy (non-hydrogen) atoms. The number of hydrogen-bond donors (Lipinski definition) is 1. The summed E-state index contributed by atoms with van der Waals surface area (Å²) in [6.07, 6.45) is 0.955. The van der Waals surface area contributed by atoms with E-state index in [1.165, 1.54) is 14.2 Å². The van der Waals surface area contributed by atoms with E-state index < -0.39 is 11.9 Å². The van der Waals surface area contributed by atoms with Gasteiger partial charge in [-0.1, -0.05) is 23.2 Å². The number of nitrogens with one attached hydrogen (secondary N) is 1. The van der Waals surface area contributed by atoms with Gasteiger partial charge in [0.1, 0.15) is 5.70 Å². The summed E-state index contributed by atoms with van der Waals surface area (Å²) in [5, 5.41) is 3.29. The molecule has 0 aliphatic carbocycles. The van der Waals surface area contributed by atoms with Gasteiger partial charge in [-0.05, 0) is 34.7 Å². The molecule has 0 aliphatic rings. The zero-order valence-corrected chi connectivity index (χ0v) is 14.2. The highest BCUT2D eigenvalue weighted by Crippen LogP contribution is 2.33. The lowest BCUT2D eigenvalue weighted by Crippen LogP contribution is -2.16. The number of anilines is 1. The summed E-state index contributed by atoms with van der Waals surface area (Å²) in [5.74, 6) is -1.46. The van der Waals surface area contributed by atoms with Crippen molar-refractivity contribution in [2.75, 3.05) is 19.5 Å². The minimum atomic E-state index is -0.749. The van der Waals surface area contributed by atoms with Crippen LogP contribution < -0.4 is 5.32 Å². The van der Waals surface area contributed by atoms with E-state index in [4.69, 9.17) is 23.2 Å². The smallest absolute Gasteiger partial charge is 0.354 e. The average molecular weight is 430 g/mol. The van der Waals surface area contributed by atoms with Crippen molar-refractivity contribution in [3.63, 3.8) is 0 Å². The van der Waals surface area contributed by atoms with Crippen LogP contribution in [0.5, 0.6) is 0 Å². The maximum Gasteiger partial charge on any atom is 0.354 e. The largest absolute Gasteiger partial charge is 0.466 e. The van der Waals surface area contributed by atoms with Crippen LogP contribution in [0.3, 0.4) is 0 Å². The molecular formula is C12H10Cl2INO4. The number of methoxy groups -OCH3 is 2. The molecule has 0 unspecified atom stereocenters. The predicted octanol–water partition coefficient (Wildman–Crippen LogP) is 3.24. The van der Waals surface area contributed by atoms with Crippen LogP contribution in [-0.2, 0) is 19.1 Å². The normalized spacial score (nSPS) is 10.9. The zero-order valence-electron chi connectivity index (χ0n) is 10.5. The molecule has 1 aromatic carbocycles. The molecule has 0 fully saturated rings. The minimum Gasteiger partial charge on any atom is -0.466 e. The highest BCUT2D eigenvalue weighted by molar-refractivity contribution is 14.1. The summed E-state index contributed by atoms with van der Waals surface area (Å²) in [7, 11) is 2.38. The molecule has 108 valence electrons. The third-order valence-electron chi connectivity index (χ3n) is 2.14. The van der Waals surface area contributed by atoms with Crippen molar-refractivity contribution in [3.8, 4) is 0 Å². The van der Waals surface area contributed by atoms with E-state index >= 15 is 0 Å². The van der Waals surface area contributed by atoms with Crippen LogP contribution in [0, 0.1) is 3.57 Å². The van der Waals surface area contributed by atoms with E-state index in [0.29, 0.717) is 15.7 Å². The van der Waals surface area contributed by atoms with Gasteiger partial charge in [0.2, 0.25) is 0 Å². The van der Waals surface area contributed by atoms with Gasteiger partial charge >= 0.3 is 11.9 Å². The summed E-state index contributed by atoms with van der Waals surface area (Å²) in [5.41, 5.74) is 0.165. The molecule has 0 aromatic heterocycles. The molecule has 0 heterocycles. The first-order valence-corrected chi connectivity index (χ1v) is 7.02. The van der Waals surface area contributed by atoms with Crippen LogP contribution in [0.4, 0.5) is 5.69 Å². The summed E-state index contributed by atoms with van der Waals surface area (Å²) >= 11 is 14.2. The number of carbonyl (C=O) groups is 2. The van der Waals surface area contributed by atoms with Crippen molar-refractivity contribution in [1.82, 2.24) is 0 Å². The Bertz CT molecular complexity index is 552. The molecule has 0 spiro atoms. The Balaban J connectivity index is 3.17. The molecule has 0 aliphatic heterocycles. The Morgan fingerprint density at radius 3 is 2.20 bits per heavy atom. The molecule has 0 bridgehead atoms. The Kier molecular flexibility index (Phi) is 6.57. The van der Waals surface area contributed by atoms with Crippen molar-refractivity contribution in [1.29, 1.82) is 0 Å². The fourth-order valence-corrected chi connectivity index (χ4v) is 2.80. The molecule has 0 saturated heterocycles. The first-order chi connectivity index (χ1) is 9.38. The molecule has 1 aromatic rings. The SMILES string of the molecule is COC(=O)/C=C(/Nc1c(Cl)cc(I)cc1Cl)C(=O)OC. The van der Waals surface area contributed by atoms with Gasteiger partial charge in [0.15, 0.2) is 0 Å². The number of halogens is 3. The number of hydrogen-bond acceptors (Lipinski definition) is 5. The summed E-state index contributed by atoms with van der Waals surface area (Å²) in [6, 6.07) is 3.31. The fourth-order valence-electron chi connectivity index (χ4n) is 1.23. The zero-order chi connectivity index (χ0) is 15.3. The molecule has 1 rings (SSSR count). The highest BCUT2D eigenvalue weighted by atomic mass is 127. The summed E-state index contributed by atoms with van der Waals surface area (Å²) in [6.45, 7) is 0. The standard InChI is InChI=1S/C12H10Cl2INO4/c1-19-10(17)5-9(12(18)20-2)16-11-7(13)3-6(15)4-8(11)14/h3-5,16H,1-2H3/b9-5+. The topological polar surface area (TPSA) is 64.6 Å². The molecule has 0 saturated carbocycles. The molecule has 0 amide bonds. The quantitative estimate of drug-likeness (QED) is 0.452. The minimum absolute atomic E-state index is 0.135. The van der Waals surface area contributed by atoms with Crippen molar-refractivity contribution in [2.24, 2.45) is 0 Å². The lowest BCUT2D eigenvalue weighted by molar-refractivity contribution is -0.138. The van der Waals surface area contributed by atoms with Crippen LogP contribution in [0.15, 0.2) is 23.9 Å². The van der Waals surface area contributed by atoms with E-state index in [9.17, 15) is 9.59 Å². The highest BCUT2D eigenvalue weighted by Gasteiger charge is 2.16. The van der Waals surface area contributed by atoms with Crippen LogP contribution >= 0.6 is 45.8 Å². The Hall–Kier alpha value is -0.990. The van der Waals surface area contributed by atoms with Gasteiger partial charge in [0.05, 0.1) is 36.0 Å². The van der Waals surface area contributed by atoms with E-state index in [0.717, 1.165) is 9.65 Å². The van der Waals surface area contributed by atoms with Gasteiger partial charge < -0.3 is 14.8 Å². The van der Waals surface area contributed by atoms with Gasteiger partial charge in [0.25, 0.3) is 0 Å². The molecule has 8 heteroatoms. The second-order valence-electron chi connectivity index (χ2n) is 3.44. The fraction of sp³-hybridized carbons (Fsp3) is 0.167. The van der Waals surface area contributed by atoms with Crippen molar-refractivity contribution in [3.05, 3.63) is 37.5 Å². The van der Waals surface area contributed by atoms with Crippen LogP contribution in [-0.4, -0.2) is 26.2 Å². The predicted molar refractivity (Wildman–Crippen MR) is 84.9 cm³/mol. The van der Waals surface area contributed by atoms with Gasteiger partial charge in [-0.25, -0.2) is 9.59 Å². The molecule has 0 radical (unpaired) electrons. The second-order valence-corrected chi connectivity index (χ2v) is 5.50. The number of ether oxygens (including phenoxy) is 2. The maximum absolute atomic E-state index is 11.6. The molecule has 1 N–H and O–H groups in total. The number of benzene rings is 1. The first kappa shape index (κ1) is 17.1. The summed E-state index contributed by atoms with van der Waals surface area (Å²) < 4.78 is 9.86. The first-order valence-electron chi connectivity index (χ1n) is 5.18. The van der Waals surface area contributed by atoms with Crippen molar-refractivity contribution < 1.29 is 19.1 Å². The molecule has 5 nitrogen and oxygen atoms in total.